The lowest BCUT2D eigenvalue weighted by Gasteiger charge is -2.07. The van der Waals surface area contributed by atoms with Crippen LogP contribution in [0.2, 0.25) is 0 Å². The number of carbonyl (C=O) groups excluding carboxylic acids is 2. The average molecular weight is 444 g/mol. The molecule has 3 rings (SSSR count). The van der Waals surface area contributed by atoms with E-state index in [9.17, 15) is 22.8 Å². The Bertz CT molecular complexity index is 1140. The molecule has 2 aromatic carbocycles. The Morgan fingerprint density at radius 3 is 2.35 bits per heavy atom. The summed E-state index contributed by atoms with van der Waals surface area (Å²) < 4.78 is 45.0. The second-order valence-corrected chi connectivity index (χ2v) is 7.23. The topological polar surface area (TPSA) is 68.3 Å². The number of hydrogen-bond donors (Lipinski definition) is 1. The fraction of sp³-hybridized carbons (Fsp3) is 0.136. The van der Waals surface area contributed by atoms with Crippen LogP contribution in [-0.2, 0) is 17.5 Å². The number of alkyl halides is 3. The maximum absolute atomic E-state index is 13.4. The van der Waals surface area contributed by atoms with Crippen molar-refractivity contribution in [2.24, 2.45) is 0 Å². The van der Waals surface area contributed by atoms with E-state index in [0.717, 1.165) is 5.56 Å². The Labute approximate surface area is 179 Å². The monoisotopic (exact) mass is 444 g/mol. The zero-order chi connectivity index (χ0) is 22.4. The third-order valence-electron chi connectivity index (χ3n) is 3.83. The number of rotatable bonds is 4. The molecule has 0 unspecified atom stereocenters. The standard InChI is InChI=1S/C22H15F3N2O3S/c1-14(28)30-17-10-7-15(8-11-17)9-12-18-27-20(22(23,24)25)19(31-18)21(29)26-13-16-5-3-2-4-6-16/h2-8,10-11H,13H2,1H3,(H,26,29). The molecule has 0 saturated carbocycles. The molecule has 0 fully saturated rings. The minimum atomic E-state index is -4.79. The van der Waals surface area contributed by atoms with Gasteiger partial charge in [-0.25, -0.2) is 4.98 Å². The molecule has 0 aliphatic heterocycles. The summed E-state index contributed by atoms with van der Waals surface area (Å²) in [5.41, 5.74) is -0.0292. The van der Waals surface area contributed by atoms with E-state index >= 15 is 0 Å². The number of nitrogens with one attached hydrogen (secondary N) is 1. The number of aromatic nitrogens is 1. The molecule has 0 aliphatic carbocycles. The van der Waals surface area contributed by atoms with Gasteiger partial charge < -0.3 is 10.1 Å². The van der Waals surface area contributed by atoms with Crippen LogP contribution in [0.4, 0.5) is 13.2 Å². The van der Waals surface area contributed by atoms with Gasteiger partial charge >= 0.3 is 12.1 Å². The fourth-order valence-electron chi connectivity index (χ4n) is 2.48. The van der Waals surface area contributed by atoms with Crippen molar-refractivity contribution < 1.29 is 27.5 Å². The summed E-state index contributed by atoms with van der Waals surface area (Å²) in [6, 6.07) is 15.0. The lowest BCUT2D eigenvalue weighted by molar-refractivity contribution is -0.141. The van der Waals surface area contributed by atoms with E-state index in [1.54, 1.807) is 42.5 Å². The lowest BCUT2D eigenvalue weighted by atomic mass is 10.2. The van der Waals surface area contributed by atoms with Crippen LogP contribution in [0.1, 0.15) is 38.4 Å². The van der Waals surface area contributed by atoms with Crippen molar-refractivity contribution in [1.82, 2.24) is 10.3 Å². The van der Waals surface area contributed by atoms with Crippen molar-refractivity contribution in [2.45, 2.75) is 19.6 Å². The van der Waals surface area contributed by atoms with Crippen molar-refractivity contribution in [3.63, 3.8) is 0 Å². The van der Waals surface area contributed by atoms with Crippen LogP contribution in [0.3, 0.4) is 0 Å². The molecule has 31 heavy (non-hydrogen) atoms. The normalized spacial score (nSPS) is 10.7. The molecule has 0 spiro atoms. The van der Waals surface area contributed by atoms with E-state index in [4.69, 9.17) is 4.74 Å². The summed E-state index contributed by atoms with van der Waals surface area (Å²) >= 11 is 0.574. The second kappa shape index (κ2) is 9.45. The average Bonchev–Trinajstić information content (AvgIpc) is 3.17. The summed E-state index contributed by atoms with van der Waals surface area (Å²) in [5.74, 6) is 4.22. The summed E-state index contributed by atoms with van der Waals surface area (Å²) in [7, 11) is 0. The van der Waals surface area contributed by atoms with Crippen molar-refractivity contribution in [3.05, 3.63) is 81.3 Å². The van der Waals surface area contributed by atoms with Crippen LogP contribution < -0.4 is 10.1 Å². The van der Waals surface area contributed by atoms with Crippen molar-refractivity contribution in [3.8, 4) is 17.6 Å². The zero-order valence-corrected chi connectivity index (χ0v) is 16.9. The number of halogens is 3. The van der Waals surface area contributed by atoms with Gasteiger partial charge in [0.2, 0.25) is 0 Å². The van der Waals surface area contributed by atoms with Crippen LogP contribution in [-0.4, -0.2) is 16.9 Å². The van der Waals surface area contributed by atoms with E-state index in [1.807, 2.05) is 0 Å². The Hall–Kier alpha value is -3.64. The number of benzene rings is 2. The maximum atomic E-state index is 13.4. The lowest BCUT2D eigenvalue weighted by Crippen LogP contribution is -2.24. The van der Waals surface area contributed by atoms with E-state index < -0.39 is 28.6 Å². The van der Waals surface area contributed by atoms with Crippen molar-refractivity contribution in [1.29, 1.82) is 0 Å². The number of esters is 1. The Balaban J connectivity index is 1.80. The van der Waals surface area contributed by atoms with Gasteiger partial charge in [0.05, 0.1) is 0 Å². The Morgan fingerprint density at radius 2 is 1.74 bits per heavy atom. The quantitative estimate of drug-likeness (QED) is 0.368. The minimum absolute atomic E-state index is 0.0879. The molecule has 5 nitrogen and oxygen atoms in total. The van der Waals surface area contributed by atoms with Crippen LogP contribution in [0.25, 0.3) is 0 Å². The molecule has 1 amide bonds. The first kappa shape index (κ1) is 22.1. The van der Waals surface area contributed by atoms with Gasteiger partial charge in [0.1, 0.15) is 10.6 Å². The highest BCUT2D eigenvalue weighted by Crippen LogP contribution is 2.34. The summed E-state index contributed by atoms with van der Waals surface area (Å²) in [6.45, 7) is 1.35. The Morgan fingerprint density at radius 1 is 1.06 bits per heavy atom. The van der Waals surface area contributed by atoms with Gasteiger partial charge in [-0.1, -0.05) is 47.6 Å². The molecule has 0 saturated heterocycles. The third kappa shape index (κ3) is 6.17. The molecule has 1 aromatic heterocycles. The number of thiazole rings is 1. The predicted octanol–water partition coefficient (Wildman–Crippen LogP) is 4.42. The number of hydrogen-bond acceptors (Lipinski definition) is 5. The van der Waals surface area contributed by atoms with Crippen molar-refractivity contribution in [2.75, 3.05) is 0 Å². The third-order valence-corrected chi connectivity index (χ3v) is 4.80. The molecule has 0 atom stereocenters. The highest BCUT2D eigenvalue weighted by Gasteiger charge is 2.39. The van der Waals surface area contributed by atoms with Gasteiger partial charge in [-0.05, 0) is 35.7 Å². The predicted molar refractivity (Wildman–Crippen MR) is 108 cm³/mol. The van der Waals surface area contributed by atoms with Gasteiger partial charge in [0.25, 0.3) is 5.91 Å². The van der Waals surface area contributed by atoms with E-state index in [0.29, 0.717) is 22.6 Å². The number of nitrogens with zero attached hydrogens (tertiary/aromatic N) is 1. The molecule has 1 heterocycles. The van der Waals surface area contributed by atoms with Gasteiger partial charge in [-0.3, -0.25) is 9.59 Å². The van der Waals surface area contributed by atoms with Gasteiger partial charge in [0, 0.05) is 19.0 Å². The highest BCUT2D eigenvalue weighted by atomic mass is 32.1. The van der Waals surface area contributed by atoms with E-state index in [-0.39, 0.29) is 11.6 Å². The molecule has 158 valence electrons. The minimum Gasteiger partial charge on any atom is -0.427 e. The van der Waals surface area contributed by atoms with E-state index in [2.05, 4.69) is 22.1 Å². The van der Waals surface area contributed by atoms with Crippen LogP contribution in [0.5, 0.6) is 5.75 Å². The van der Waals surface area contributed by atoms with Gasteiger partial charge in [-0.15, -0.1) is 0 Å². The SMILES string of the molecule is CC(=O)Oc1ccc(C#Cc2nc(C(F)(F)F)c(C(=O)NCc3ccccc3)s2)cc1. The smallest absolute Gasteiger partial charge is 0.427 e. The fourth-order valence-corrected chi connectivity index (χ4v) is 3.33. The Kier molecular flexibility index (Phi) is 6.72. The van der Waals surface area contributed by atoms with Gasteiger partial charge in [0.15, 0.2) is 10.7 Å². The van der Waals surface area contributed by atoms with Crippen molar-refractivity contribution >= 4 is 23.2 Å². The molecular weight excluding hydrogens is 429 g/mol. The molecule has 1 N–H and O–H groups in total. The molecule has 0 radical (unpaired) electrons. The summed E-state index contributed by atoms with van der Waals surface area (Å²) in [4.78, 5) is 26.3. The molecule has 0 bridgehead atoms. The first-order chi connectivity index (χ1) is 14.7. The first-order valence-electron chi connectivity index (χ1n) is 8.93. The molecular formula is C22H15F3N2O3S. The number of ether oxygens (including phenoxy) is 1. The highest BCUT2D eigenvalue weighted by molar-refractivity contribution is 7.14. The van der Waals surface area contributed by atoms with Crippen LogP contribution in [0, 0.1) is 11.8 Å². The number of amides is 1. The largest absolute Gasteiger partial charge is 0.435 e. The maximum Gasteiger partial charge on any atom is 0.435 e. The van der Waals surface area contributed by atoms with E-state index in [1.165, 1.54) is 19.1 Å². The molecule has 3 aromatic rings. The van der Waals surface area contributed by atoms with Gasteiger partial charge in [-0.2, -0.15) is 13.2 Å². The summed E-state index contributed by atoms with van der Waals surface area (Å²) in [5, 5.41) is 2.34. The van der Waals surface area contributed by atoms with Crippen LogP contribution in [0.15, 0.2) is 54.6 Å². The summed E-state index contributed by atoms with van der Waals surface area (Å²) in [6.07, 6.45) is -4.79. The molecule has 0 aliphatic rings. The second-order valence-electron chi connectivity index (χ2n) is 6.23. The van der Waals surface area contributed by atoms with Crippen LogP contribution >= 0.6 is 11.3 Å². The zero-order valence-electron chi connectivity index (χ0n) is 16.1. The first-order valence-corrected chi connectivity index (χ1v) is 9.74. The number of carbonyl (C=O) groups is 2. The molecule has 9 heteroatoms.